The molecular weight excluding hydrogens is 252 g/mol. The molecule has 1 aromatic rings. The van der Waals surface area contributed by atoms with Gasteiger partial charge in [0.25, 0.3) is 0 Å². The van der Waals surface area contributed by atoms with Crippen molar-refractivity contribution in [2.24, 2.45) is 0 Å². The predicted octanol–water partition coefficient (Wildman–Crippen LogP) is 2.05. The second-order valence-corrected chi connectivity index (χ2v) is 4.68. The van der Waals surface area contributed by atoms with E-state index in [0.717, 1.165) is 17.0 Å². The number of hydrogen-bond donors (Lipinski definition) is 1. The molecule has 4 nitrogen and oxygen atoms in total. The van der Waals surface area contributed by atoms with Crippen LogP contribution in [0.2, 0.25) is 5.02 Å². The van der Waals surface area contributed by atoms with Crippen LogP contribution in [0.3, 0.4) is 0 Å². The van der Waals surface area contributed by atoms with Crippen LogP contribution in [-0.2, 0) is 17.7 Å². The van der Waals surface area contributed by atoms with Gasteiger partial charge in [0.2, 0.25) is 0 Å². The van der Waals surface area contributed by atoms with Crippen molar-refractivity contribution in [1.82, 2.24) is 10.2 Å². The Balaban J connectivity index is 1.97. The van der Waals surface area contributed by atoms with E-state index in [2.05, 4.69) is 5.32 Å². The van der Waals surface area contributed by atoms with E-state index in [1.54, 1.807) is 12.0 Å². The lowest BCUT2D eigenvalue weighted by Crippen LogP contribution is -2.43. The number of methoxy groups -OCH3 is 1. The van der Waals surface area contributed by atoms with Crippen molar-refractivity contribution < 1.29 is 9.53 Å². The molecule has 1 heterocycles. The first kappa shape index (κ1) is 13.2. The van der Waals surface area contributed by atoms with Crippen molar-refractivity contribution >= 4 is 17.6 Å². The van der Waals surface area contributed by atoms with Gasteiger partial charge in [0.15, 0.2) is 0 Å². The van der Waals surface area contributed by atoms with Gasteiger partial charge in [0.05, 0.1) is 6.61 Å². The average molecular weight is 269 g/mol. The first-order valence-corrected chi connectivity index (χ1v) is 6.38. The molecule has 0 aliphatic carbocycles. The highest BCUT2D eigenvalue weighted by Gasteiger charge is 2.21. The predicted molar refractivity (Wildman–Crippen MR) is 70.8 cm³/mol. The number of benzene rings is 1. The first-order chi connectivity index (χ1) is 8.72. The lowest BCUT2D eigenvalue weighted by atomic mass is 10.00. The molecule has 5 heteroatoms. The van der Waals surface area contributed by atoms with Crippen LogP contribution in [0.5, 0.6) is 0 Å². The molecule has 0 spiro atoms. The minimum absolute atomic E-state index is 0.0438. The second kappa shape index (κ2) is 6.07. The Morgan fingerprint density at radius 2 is 2.39 bits per heavy atom. The first-order valence-electron chi connectivity index (χ1n) is 6.00. The van der Waals surface area contributed by atoms with Gasteiger partial charge in [-0.25, -0.2) is 4.79 Å². The number of amides is 2. The molecule has 98 valence electrons. The Labute approximate surface area is 112 Å². The third-order valence-corrected chi connectivity index (χ3v) is 3.43. The zero-order chi connectivity index (χ0) is 13.0. The van der Waals surface area contributed by atoms with Gasteiger partial charge in [0.1, 0.15) is 0 Å². The summed E-state index contributed by atoms with van der Waals surface area (Å²) in [6.45, 7) is 2.39. The minimum Gasteiger partial charge on any atom is -0.383 e. The number of ether oxygens (including phenoxy) is 1. The summed E-state index contributed by atoms with van der Waals surface area (Å²) >= 11 is 6.14. The fourth-order valence-corrected chi connectivity index (χ4v) is 2.40. The zero-order valence-corrected chi connectivity index (χ0v) is 11.2. The number of hydrogen-bond acceptors (Lipinski definition) is 2. The molecule has 0 unspecified atom stereocenters. The Hall–Kier alpha value is -1.26. The van der Waals surface area contributed by atoms with Crippen LogP contribution in [0.25, 0.3) is 0 Å². The van der Waals surface area contributed by atoms with E-state index in [9.17, 15) is 4.79 Å². The fraction of sp³-hybridized carbons (Fsp3) is 0.462. The van der Waals surface area contributed by atoms with Crippen LogP contribution in [0.4, 0.5) is 4.79 Å². The lowest BCUT2D eigenvalue weighted by Gasteiger charge is -2.29. The average Bonchev–Trinajstić information content (AvgIpc) is 2.39. The van der Waals surface area contributed by atoms with Gasteiger partial charge in [-0.2, -0.15) is 0 Å². The van der Waals surface area contributed by atoms with E-state index in [-0.39, 0.29) is 6.03 Å². The Morgan fingerprint density at radius 3 is 3.17 bits per heavy atom. The minimum atomic E-state index is -0.0438. The maximum Gasteiger partial charge on any atom is 0.317 e. The summed E-state index contributed by atoms with van der Waals surface area (Å²) in [7, 11) is 1.62. The van der Waals surface area contributed by atoms with Crippen molar-refractivity contribution in [2.45, 2.75) is 13.0 Å². The molecule has 1 aliphatic rings. The van der Waals surface area contributed by atoms with E-state index in [0.29, 0.717) is 26.2 Å². The quantitative estimate of drug-likeness (QED) is 0.853. The van der Waals surface area contributed by atoms with Crippen LogP contribution in [0.15, 0.2) is 18.2 Å². The molecular formula is C13H17ClN2O2. The van der Waals surface area contributed by atoms with Gasteiger partial charge in [-0.05, 0) is 23.6 Å². The van der Waals surface area contributed by atoms with Gasteiger partial charge in [0, 0.05) is 31.8 Å². The largest absolute Gasteiger partial charge is 0.383 e. The summed E-state index contributed by atoms with van der Waals surface area (Å²) in [5.74, 6) is 0. The third-order valence-electron chi connectivity index (χ3n) is 3.08. The Bertz CT molecular complexity index is 437. The van der Waals surface area contributed by atoms with E-state index >= 15 is 0 Å². The van der Waals surface area contributed by atoms with E-state index in [1.165, 1.54) is 5.56 Å². The number of nitrogens with one attached hydrogen (secondary N) is 1. The van der Waals surface area contributed by atoms with Crippen LogP contribution < -0.4 is 5.32 Å². The van der Waals surface area contributed by atoms with E-state index in [1.807, 2.05) is 18.2 Å². The van der Waals surface area contributed by atoms with Crippen LogP contribution in [-0.4, -0.2) is 37.7 Å². The topological polar surface area (TPSA) is 41.6 Å². The summed E-state index contributed by atoms with van der Waals surface area (Å²) in [6, 6.07) is 5.80. The molecule has 2 amide bonds. The number of urea groups is 1. The third kappa shape index (κ3) is 2.94. The van der Waals surface area contributed by atoms with Crippen molar-refractivity contribution in [3.8, 4) is 0 Å². The number of carbonyl (C=O) groups excluding carboxylic acids is 1. The maximum absolute atomic E-state index is 11.9. The summed E-state index contributed by atoms with van der Waals surface area (Å²) in [5, 5.41) is 3.63. The molecule has 0 radical (unpaired) electrons. The van der Waals surface area contributed by atoms with E-state index < -0.39 is 0 Å². The van der Waals surface area contributed by atoms with E-state index in [4.69, 9.17) is 16.3 Å². The van der Waals surface area contributed by atoms with Gasteiger partial charge in [-0.3, -0.25) is 0 Å². The Kier molecular flexibility index (Phi) is 4.44. The van der Waals surface area contributed by atoms with Crippen molar-refractivity contribution in [3.63, 3.8) is 0 Å². The highest BCUT2D eigenvalue weighted by Crippen LogP contribution is 2.25. The van der Waals surface area contributed by atoms with Crippen LogP contribution in [0.1, 0.15) is 11.1 Å². The molecule has 1 N–H and O–H groups in total. The lowest BCUT2D eigenvalue weighted by molar-refractivity contribution is 0.176. The summed E-state index contributed by atoms with van der Waals surface area (Å²) in [5.41, 5.74) is 2.30. The standard InChI is InChI=1S/C13H17ClN2O2/c1-18-8-6-15-13(17)16-7-5-11-10(9-16)3-2-4-12(11)14/h2-4H,5-9H2,1H3,(H,15,17). The smallest absolute Gasteiger partial charge is 0.317 e. The van der Waals surface area contributed by atoms with Gasteiger partial charge < -0.3 is 15.0 Å². The van der Waals surface area contributed by atoms with Crippen molar-refractivity contribution in [3.05, 3.63) is 34.3 Å². The molecule has 0 saturated carbocycles. The molecule has 0 saturated heterocycles. The van der Waals surface area contributed by atoms with Gasteiger partial charge >= 0.3 is 6.03 Å². The monoisotopic (exact) mass is 268 g/mol. The normalized spacial score (nSPS) is 14.2. The molecule has 0 fully saturated rings. The SMILES string of the molecule is COCCNC(=O)N1CCc2c(Cl)cccc2C1. The molecule has 0 aromatic heterocycles. The maximum atomic E-state index is 11.9. The zero-order valence-electron chi connectivity index (χ0n) is 10.4. The summed E-state index contributed by atoms with van der Waals surface area (Å²) < 4.78 is 4.90. The van der Waals surface area contributed by atoms with Gasteiger partial charge in [-0.15, -0.1) is 0 Å². The number of fused-ring (bicyclic) bond motifs is 1. The highest BCUT2D eigenvalue weighted by atomic mass is 35.5. The van der Waals surface area contributed by atoms with Gasteiger partial charge in [-0.1, -0.05) is 23.7 Å². The highest BCUT2D eigenvalue weighted by molar-refractivity contribution is 6.31. The molecule has 1 aliphatic heterocycles. The fourth-order valence-electron chi connectivity index (χ4n) is 2.11. The molecule has 2 rings (SSSR count). The van der Waals surface area contributed by atoms with Crippen LogP contribution >= 0.6 is 11.6 Å². The van der Waals surface area contributed by atoms with Crippen molar-refractivity contribution in [2.75, 3.05) is 26.8 Å². The molecule has 1 aromatic carbocycles. The molecule has 18 heavy (non-hydrogen) atoms. The summed E-state index contributed by atoms with van der Waals surface area (Å²) in [4.78, 5) is 13.7. The number of carbonyl (C=O) groups is 1. The Morgan fingerprint density at radius 1 is 1.56 bits per heavy atom. The second-order valence-electron chi connectivity index (χ2n) is 4.27. The molecule has 0 bridgehead atoms. The summed E-state index contributed by atoms with van der Waals surface area (Å²) in [6.07, 6.45) is 0.812. The number of halogens is 1. The molecule has 0 atom stereocenters. The van der Waals surface area contributed by atoms with Crippen molar-refractivity contribution in [1.29, 1.82) is 0 Å². The number of nitrogens with zero attached hydrogens (tertiary/aromatic N) is 1. The number of rotatable bonds is 3. The van der Waals surface area contributed by atoms with Crippen LogP contribution in [0, 0.1) is 0 Å².